The fraction of sp³-hybridized carbons (Fsp3) is 0.529. The molecule has 136 valence electrons. The normalized spacial score (nSPS) is 16.0. The Hall–Kier alpha value is -1.77. The molecule has 1 aromatic heterocycles. The summed E-state index contributed by atoms with van der Waals surface area (Å²) in [4.78, 5) is 2.19. The van der Waals surface area contributed by atoms with Gasteiger partial charge in [-0.25, -0.2) is 0 Å². The Balaban J connectivity index is 1.53. The lowest BCUT2D eigenvalue weighted by atomic mass is 10.3. The number of aliphatic hydroxyl groups is 1. The van der Waals surface area contributed by atoms with Gasteiger partial charge >= 0.3 is 0 Å². The Bertz CT molecular complexity index is 647. The van der Waals surface area contributed by atoms with Gasteiger partial charge < -0.3 is 19.5 Å². The van der Waals surface area contributed by atoms with Crippen LogP contribution in [0.3, 0.4) is 0 Å². The minimum absolute atomic E-state index is 0.258. The summed E-state index contributed by atoms with van der Waals surface area (Å²) in [6.45, 7) is 6.22. The summed E-state index contributed by atoms with van der Waals surface area (Å²) < 4.78 is 13.1. The first-order valence-electron chi connectivity index (χ1n) is 8.52. The number of hydrogen-bond acceptors (Lipinski definition) is 7. The standard InChI is InChI=1S/C17H24N4O3S/c1-2-21-16(20-8-10-23-11-9-20)18-19-17(21)25-13-14(22)12-24-15-6-4-3-5-7-15/h3-7,14,22H,2,8-13H2,1H3. The van der Waals surface area contributed by atoms with Crippen LogP contribution in [0.4, 0.5) is 5.95 Å². The van der Waals surface area contributed by atoms with Crippen molar-refractivity contribution < 1.29 is 14.6 Å². The van der Waals surface area contributed by atoms with Gasteiger partial charge in [-0.2, -0.15) is 0 Å². The Morgan fingerprint density at radius 1 is 1.24 bits per heavy atom. The zero-order valence-electron chi connectivity index (χ0n) is 14.4. The zero-order chi connectivity index (χ0) is 17.5. The van der Waals surface area contributed by atoms with Crippen LogP contribution in [0.5, 0.6) is 5.75 Å². The van der Waals surface area contributed by atoms with Crippen molar-refractivity contribution in [3.05, 3.63) is 30.3 Å². The number of ether oxygens (including phenoxy) is 2. The van der Waals surface area contributed by atoms with E-state index in [2.05, 4.69) is 26.6 Å². The third-order valence-electron chi connectivity index (χ3n) is 3.90. The van der Waals surface area contributed by atoms with Gasteiger partial charge in [0.25, 0.3) is 0 Å². The van der Waals surface area contributed by atoms with E-state index in [1.807, 2.05) is 30.3 Å². The second-order valence-corrected chi connectivity index (χ2v) is 6.70. The van der Waals surface area contributed by atoms with Gasteiger partial charge in [0.1, 0.15) is 12.4 Å². The summed E-state index contributed by atoms with van der Waals surface area (Å²) in [5.74, 6) is 2.15. The van der Waals surface area contributed by atoms with E-state index in [9.17, 15) is 5.11 Å². The maximum atomic E-state index is 10.2. The van der Waals surface area contributed by atoms with Crippen molar-refractivity contribution in [2.24, 2.45) is 0 Å². The van der Waals surface area contributed by atoms with Crippen molar-refractivity contribution in [3.63, 3.8) is 0 Å². The molecule has 1 aromatic carbocycles. The number of thioether (sulfide) groups is 1. The molecule has 1 fully saturated rings. The molecule has 25 heavy (non-hydrogen) atoms. The van der Waals surface area contributed by atoms with Crippen LogP contribution in [0.1, 0.15) is 6.92 Å². The number of aliphatic hydroxyl groups excluding tert-OH is 1. The smallest absolute Gasteiger partial charge is 0.228 e. The quantitative estimate of drug-likeness (QED) is 0.714. The van der Waals surface area contributed by atoms with Crippen LogP contribution >= 0.6 is 11.8 Å². The average molecular weight is 364 g/mol. The molecular weight excluding hydrogens is 340 g/mol. The fourth-order valence-corrected chi connectivity index (χ4v) is 3.49. The van der Waals surface area contributed by atoms with Crippen LogP contribution in [0, 0.1) is 0 Å². The number of rotatable bonds is 8. The topological polar surface area (TPSA) is 72.6 Å². The summed E-state index contributed by atoms with van der Waals surface area (Å²) in [5, 5.41) is 19.6. The van der Waals surface area contributed by atoms with Crippen molar-refractivity contribution in [2.45, 2.75) is 24.7 Å². The lowest BCUT2D eigenvalue weighted by molar-refractivity contribution is 0.121. The third-order valence-corrected chi connectivity index (χ3v) is 5.01. The second kappa shape index (κ2) is 9.07. The molecule has 0 bridgehead atoms. The third kappa shape index (κ3) is 4.87. The second-order valence-electron chi connectivity index (χ2n) is 5.72. The van der Waals surface area contributed by atoms with E-state index in [-0.39, 0.29) is 6.61 Å². The number of para-hydroxylation sites is 1. The van der Waals surface area contributed by atoms with E-state index < -0.39 is 6.10 Å². The Morgan fingerprint density at radius 2 is 2.00 bits per heavy atom. The summed E-state index contributed by atoms with van der Waals surface area (Å²) in [6, 6.07) is 9.51. The molecule has 1 atom stereocenters. The number of nitrogens with zero attached hydrogens (tertiary/aromatic N) is 4. The van der Waals surface area contributed by atoms with Gasteiger partial charge in [0.15, 0.2) is 5.16 Å². The average Bonchev–Trinajstić information content (AvgIpc) is 3.09. The zero-order valence-corrected chi connectivity index (χ0v) is 15.2. The highest BCUT2D eigenvalue weighted by molar-refractivity contribution is 7.99. The summed E-state index contributed by atoms with van der Waals surface area (Å²) in [7, 11) is 0. The molecule has 2 aromatic rings. The molecule has 1 unspecified atom stereocenters. The van der Waals surface area contributed by atoms with Crippen molar-refractivity contribution in [1.82, 2.24) is 14.8 Å². The number of aromatic nitrogens is 3. The molecule has 1 saturated heterocycles. The van der Waals surface area contributed by atoms with Gasteiger partial charge in [-0.15, -0.1) is 10.2 Å². The van der Waals surface area contributed by atoms with Crippen LogP contribution in [0.25, 0.3) is 0 Å². The fourth-order valence-electron chi connectivity index (χ4n) is 2.59. The van der Waals surface area contributed by atoms with E-state index in [0.717, 1.165) is 36.5 Å². The largest absolute Gasteiger partial charge is 0.491 e. The SMILES string of the molecule is CCn1c(SCC(O)COc2ccccc2)nnc1N1CCOCC1. The van der Waals surface area contributed by atoms with E-state index in [1.165, 1.54) is 11.8 Å². The molecule has 1 aliphatic heterocycles. The van der Waals surface area contributed by atoms with E-state index in [0.29, 0.717) is 19.0 Å². The van der Waals surface area contributed by atoms with Gasteiger partial charge in [0, 0.05) is 25.4 Å². The van der Waals surface area contributed by atoms with Gasteiger partial charge in [-0.1, -0.05) is 30.0 Å². The monoisotopic (exact) mass is 364 g/mol. The van der Waals surface area contributed by atoms with Gasteiger partial charge in [-0.05, 0) is 19.1 Å². The van der Waals surface area contributed by atoms with Crippen LogP contribution in [-0.4, -0.2) is 64.6 Å². The number of hydrogen-bond donors (Lipinski definition) is 1. The molecule has 0 amide bonds. The number of anilines is 1. The molecule has 1 aliphatic rings. The first-order valence-corrected chi connectivity index (χ1v) is 9.51. The number of benzene rings is 1. The Morgan fingerprint density at radius 3 is 2.72 bits per heavy atom. The highest BCUT2D eigenvalue weighted by atomic mass is 32.2. The van der Waals surface area contributed by atoms with Crippen LogP contribution < -0.4 is 9.64 Å². The Labute approximate surface area is 151 Å². The molecular formula is C17H24N4O3S. The van der Waals surface area contributed by atoms with Crippen molar-refractivity contribution in [1.29, 1.82) is 0 Å². The van der Waals surface area contributed by atoms with E-state index >= 15 is 0 Å². The number of morpholine rings is 1. The molecule has 8 heteroatoms. The minimum atomic E-state index is -0.570. The van der Waals surface area contributed by atoms with Gasteiger partial charge in [0.05, 0.1) is 19.3 Å². The first kappa shape index (κ1) is 18.0. The Kier molecular flexibility index (Phi) is 6.55. The molecule has 0 spiro atoms. The predicted octanol–water partition coefficient (Wildman–Crippen LogP) is 1.67. The first-order chi connectivity index (χ1) is 12.3. The summed E-state index contributed by atoms with van der Waals surface area (Å²) >= 11 is 1.50. The lowest BCUT2D eigenvalue weighted by Crippen LogP contribution is -2.38. The maximum Gasteiger partial charge on any atom is 0.228 e. The summed E-state index contributed by atoms with van der Waals surface area (Å²) in [5.41, 5.74) is 0. The molecule has 1 N–H and O–H groups in total. The maximum absolute atomic E-state index is 10.2. The van der Waals surface area contributed by atoms with Crippen molar-refractivity contribution >= 4 is 17.7 Å². The van der Waals surface area contributed by atoms with Crippen LogP contribution in [0.15, 0.2) is 35.5 Å². The van der Waals surface area contributed by atoms with Gasteiger partial charge in [-0.3, -0.25) is 4.57 Å². The molecule has 0 aliphatic carbocycles. The van der Waals surface area contributed by atoms with Crippen LogP contribution in [-0.2, 0) is 11.3 Å². The van der Waals surface area contributed by atoms with Crippen molar-refractivity contribution in [2.75, 3.05) is 43.6 Å². The molecule has 0 radical (unpaired) electrons. The molecule has 0 saturated carbocycles. The minimum Gasteiger partial charge on any atom is -0.491 e. The van der Waals surface area contributed by atoms with Crippen LogP contribution in [0.2, 0.25) is 0 Å². The lowest BCUT2D eigenvalue weighted by Gasteiger charge is -2.27. The van der Waals surface area contributed by atoms with E-state index in [4.69, 9.17) is 9.47 Å². The van der Waals surface area contributed by atoms with E-state index in [1.54, 1.807) is 0 Å². The highest BCUT2D eigenvalue weighted by Crippen LogP contribution is 2.23. The predicted molar refractivity (Wildman–Crippen MR) is 97.4 cm³/mol. The molecule has 7 nitrogen and oxygen atoms in total. The van der Waals surface area contributed by atoms with Crippen molar-refractivity contribution in [3.8, 4) is 5.75 Å². The van der Waals surface area contributed by atoms with Gasteiger partial charge in [0.2, 0.25) is 5.95 Å². The molecule has 2 heterocycles. The molecule has 3 rings (SSSR count). The summed E-state index contributed by atoms with van der Waals surface area (Å²) in [6.07, 6.45) is -0.570. The highest BCUT2D eigenvalue weighted by Gasteiger charge is 2.20.